The molecule has 8 nitrogen and oxygen atoms in total. The molecular formula is C29H34ClN3O5S. The number of hydrogen-bond donors (Lipinski definition) is 1. The van der Waals surface area contributed by atoms with E-state index in [0.717, 1.165) is 16.3 Å². The molecule has 0 saturated heterocycles. The Labute approximate surface area is 235 Å². The van der Waals surface area contributed by atoms with Crippen molar-refractivity contribution in [2.45, 2.75) is 44.7 Å². The number of nitrogens with one attached hydrogen (secondary N) is 1. The summed E-state index contributed by atoms with van der Waals surface area (Å²) in [6, 6.07) is 19.1. The van der Waals surface area contributed by atoms with Gasteiger partial charge in [0.15, 0.2) is 0 Å². The standard InChI is InChI=1S/C29H34ClN3O5S/c1-5-17-31-29(35)22(3)32(19-23-12-15-25(38-4)16-13-23)28(34)20-33(27-18-24(30)14-11-21(27)2)39(36,37)26-9-7-6-8-10-26/h6-16,18,22H,5,17,19-20H2,1-4H3,(H,31,35). The van der Waals surface area contributed by atoms with Gasteiger partial charge in [-0.1, -0.05) is 54.9 Å². The zero-order valence-electron chi connectivity index (χ0n) is 22.6. The van der Waals surface area contributed by atoms with Crippen LogP contribution in [-0.4, -0.2) is 51.4 Å². The van der Waals surface area contributed by atoms with Crippen molar-refractivity contribution < 1.29 is 22.7 Å². The summed E-state index contributed by atoms with van der Waals surface area (Å²) < 4.78 is 34.0. The zero-order chi connectivity index (χ0) is 28.6. The highest BCUT2D eigenvalue weighted by Crippen LogP contribution is 2.30. The highest BCUT2D eigenvalue weighted by Gasteiger charge is 2.33. The van der Waals surface area contributed by atoms with E-state index >= 15 is 0 Å². The molecule has 0 fully saturated rings. The molecule has 0 heterocycles. The molecule has 0 aliphatic heterocycles. The maximum absolute atomic E-state index is 13.9. The number of halogens is 1. The Balaban J connectivity index is 2.04. The SMILES string of the molecule is CCCNC(=O)C(C)N(Cc1ccc(OC)cc1)C(=O)CN(c1cc(Cl)ccc1C)S(=O)(=O)c1ccccc1. The highest BCUT2D eigenvalue weighted by molar-refractivity contribution is 7.92. The van der Waals surface area contributed by atoms with Crippen LogP contribution in [0.3, 0.4) is 0 Å². The first kappa shape index (κ1) is 30.0. The van der Waals surface area contributed by atoms with Crippen LogP contribution in [0.2, 0.25) is 5.02 Å². The lowest BCUT2D eigenvalue weighted by Gasteiger charge is -2.32. The average Bonchev–Trinajstić information content (AvgIpc) is 2.94. The molecule has 2 amide bonds. The fourth-order valence-corrected chi connectivity index (χ4v) is 5.65. The second-order valence-electron chi connectivity index (χ2n) is 9.09. The summed E-state index contributed by atoms with van der Waals surface area (Å²) in [6.45, 7) is 5.35. The van der Waals surface area contributed by atoms with Gasteiger partial charge in [0.05, 0.1) is 17.7 Å². The van der Waals surface area contributed by atoms with E-state index in [-0.39, 0.29) is 23.0 Å². The third-order valence-electron chi connectivity index (χ3n) is 6.28. The molecule has 3 aromatic carbocycles. The van der Waals surface area contributed by atoms with E-state index in [1.165, 1.54) is 23.1 Å². The molecule has 1 N–H and O–H groups in total. The Kier molecular flexibility index (Phi) is 10.4. The number of nitrogens with zero attached hydrogens (tertiary/aromatic N) is 2. The summed E-state index contributed by atoms with van der Waals surface area (Å²) in [5.74, 6) is -0.208. The number of rotatable bonds is 12. The van der Waals surface area contributed by atoms with Gasteiger partial charge in [0.25, 0.3) is 10.0 Å². The lowest BCUT2D eigenvalue weighted by Crippen LogP contribution is -2.51. The molecule has 1 unspecified atom stereocenters. The third kappa shape index (κ3) is 7.52. The molecule has 10 heteroatoms. The van der Waals surface area contributed by atoms with Crippen molar-refractivity contribution in [2.75, 3.05) is 24.5 Å². The van der Waals surface area contributed by atoms with Crippen LogP contribution < -0.4 is 14.4 Å². The number of sulfonamides is 1. The van der Waals surface area contributed by atoms with Gasteiger partial charge in [0.1, 0.15) is 18.3 Å². The summed E-state index contributed by atoms with van der Waals surface area (Å²) >= 11 is 6.25. The third-order valence-corrected chi connectivity index (χ3v) is 8.29. The summed E-state index contributed by atoms with van der Waals surface area (Å²) in [7, 11) is -2.59. The molecule has 0 aliphatic carbocycles. The number of methoxy groups -OCH3 is 1. The minimum Gasteiger partial charge on any atom is -0.497 e. The van der Waals surface area contributed by atoms with Crippen LogP contribution in [0.1, 0.15) is 31.4 Å². The molecule has 0 saturated carbocycles. The van der Waals surface area contributed by atoms with Crippen LogP contribution in [-0.2, 0) is 26.2 Å². The number of amides is 2. The molecule has 3 aromatic rings. The molecule has 0 aliphatic rings. The molecule has 0 spiro atoms. The smallest absolute Gasteiger partial charge is 0.264 e. The van der Waals surface area contributed by atoms with Crippen LogP contribution in [0.5, 0.6) is 5.75 Å². The van der Waals surface area contributed by atoms with E-state index in [2.05, 4.69) is 5.32 Å². The van der Waals surface area contributed by atoms with Gasteiger partial charge in [-0.05, 0) is 67.8 Å². The molecule has 1 atom stereocenters. The first-order valence-electron chi connectivity index (χ1n) is 12.6. The maximum Gasteiger partial charge on any atom is 0.264 e. The van der Waals surface area contributed by atoms with Crippen molar-refractivity contribution in [1.29, 1.82) is 0 Å². The molecule has 0 radical (unpaired) electrons. The Hall–Kier alpha value is -3.56. The summed E-state index contributed by atoms with van der Waals surface area (Å²) in [5.41, 5.74) is 1.67. The van der Waals surface area contributed by atoms with Crippen molar-refractivity contribution in [3.8, 4) is 5.75 Å². The van der Waals surface area contributed by atoms with Crippen LogP contribution in [0.25, 0.3) is 0 Å². The number of anilines is 1. The van der Waals surface area contributed by atoms with Gasteiger partial charge in [0.2, 0.25) is 11.8 Å². The van der Waals surface area contributed by atoms with Gasteiger partial charge < -0.3 is 15.0 Å². The fraction of sp³-hybridized carbons (Fsp3) is 0.310. The number of aryl methyl sites for hydroxylation is 1. The van der Waals surface area contributed by atoms with E-state index in [1.54, 1.807) is 75.6 Å². The summed E-state index contributed by atoms with van der Waals surface area (Å²) in [4.78, 5) is 28.3. The Bertz CT molecular complexity index is 1380. The first-order valence-corrected chi connectivity index (χ1v) is 14.4. The van der Waals surface area contributed by atoms with Gasteiger partial charge in [-0.3, -0.25) is 13.9 Å². The van der Waals surface area contributed by atoms with E-state index in [0.29, 0.717) is 22.9 Å². The summed E-state index contributed by atoms with van der Waals surface area (Å²) in [5, 5.41) is 3.16. The molecule has 3 rings (SSSR count). The molecule has 39 heavy (non-hydrogen) atoms. The molecular weight excluding hydrogens is 538 g/mol. The highest BCUT2D eigenvalue weighted by atomic mass is 35.5. The molecule has 208 valence electrons. The van der Waals surface area contributed by atoms with Crippen LogP contribution in [0, 0.1) is 6.92 Å². The van der Waals surface area contributed by atoms with E-state index in [4.69, 9.17) is 16.3 Å². The van der Waals surface area contributed by atoms with Gasteiger partial charge in [-0.15, -0.1) is 0 Å². The zero-order valence-corrected chi connectivity index (χ0v) is 24.1. The molecule has 0 aromatic heterocycles. The van der Waals surface area contributed by atoms with Crippen molar-refractivity contribution in [3.05, 3.63) is 88.9 Å². The number of carbonyl (C=O) groups excluding carboxylic acids is 2. The van der Waals surface area contributed by atoms with Crippen molar-refractivity contribution in [1.82, 2.24) is 10.2 Å². The van der Waals surface area contributed by atoms with Gasteiger partial charge >= 0.3 is 0 Å². The van der Waals surface area contributed by atoms with Crippen molar-refractivity contribution >= 4 is 39.1 Å². The van der Waals surface area contributed by atoms with E-state index in [1.807, 2.05) is 6.92 Å². The largest absolute Gasteiger partial charge is 0.497 e. The normalized spacial score (nSPS) is 11.9. The topological polar surface area (TPSA) is 96.0 Å². The van der Waals surface area contributed by atoms with E-state index < -0.39 is 28.5 Å². The monoisotopic (exact) mass is 571 g/mol. The minimum absolute atomic E-state index is 0.0348. The Morgan fingerprint density at radius 1 is 1.03 bits per heavy atom. The summed E-state index contributed by atoms with van der Waals surface area (Å²) in [6.07, 6.45) is 0.738. The van der Waals surface area contributed by atoms with E-state index in [9.17, 15) is 18.0 Å². The minimum atomic E-state index is -4.15. The van der Waals surface area contributed by atoms with Crippen LogP contribution in [0.4, 0.5) is 5.69 Å². The Morgan fingerprint density at radius 2 is 1.69 bits per heavy atom. The van der Waals surface area contributed by atoms with Crippen molar-refractivity contribution in [3.63, 3.8) is 0 Å². The fourth-order valence-electron chi connectivity index (χ4n) is 3.99. The average molecular weight is 572 g/mol. The van der Waals surface area contributed by atoms with Gasteiger partial charge in [-0.2, -0.15) is 0 Å². The van der Waals surface area contributed by atoms with Crippen LogP contribution >= 0.6 is 11.6 Å². The predicted octanol–water partition coefficient (Wildman–Crippen LogP) is 4.80. The first-order chi connectivity index (χ1) is 18.6. The molecule has 0 bridgehead atoms. The second kappa shape index (κ2) is 13.5. The predicted molar refractivity (Wildman–Crippen MR) is 153 cm³/mol. The maximum atomic E-state index is 13.9. The number of ether oxygens (including phenoxy) is 1. The number of carbonyl (C=O) groups is 2. The second-order valence-corrected chi connectivity index (χ2v) is 11.4. The lowest BCUT2D eigenvalue weighted by molar-refractivity contribution is -0.139. The van der Waals surface area contributed by atoms with Gasteiger partial charge in [0, 0.05) is 18.1 Å². The lowest BCUT2D eigenvalue weighted by atomic mass is 10.1. The Morgan fingerprint density at radius 3 is 2.31 bits per heavy atom. The number of hydrogen-bond acceptors (Lipinski definition) is 5. The number of benzene rings is 3. The quantitative estimate of drug-likeness (QED) is 0.337. The van der Waals surface area contributed by atoms with Crippen molar-refractivity contribution in [2.24, 2.45) is 0 Å². The van der Waals surface area contributed by atoms with Crippen LogP contribution in [0.15, 0.2) is 77.7 Å². The van der Waals surface area contributed by atoms with Gasteiger partial charge in [-0.25, -0.2) is 8.42 Å².